The van der Waals surface area contributed by atoms with Crippen LogP contribution >= 0.6 is 15.9 Å². The van der Waals surface area contributed by atoms with E-state index in [-0.39, 0.29) is 0 Å². The first-order chi connectivity index (χ1) is 8.68. The molecule has 0 fully saturated rings. The number of anilines is 1. The molecule has 0 saturated carbocycles. The highest BCUT2D eigenvalue weighted by Crippen LogP contribution is 2.32. The molecule has 0 atom stereocenters. The molecular formula is C14H12BrN3. The van der Waals surface area contributed by atoms with E-state index in [9.17, 15) is 0 Å². The fourth-order valence-corrected chi connectivity index (χ4v) is 2.48. The summed E-state index contributed by atoms with van der Waals surface area (Å²) in [7, 11) is 2.00. The zero-order valence-corrected chi connectivity index (χ0v) is 11.5. The van der Waals surface area contributed by atoms with Crippen molar-refractivity contribution < 1.29 is 0 Å². The van der Waals surface area contributed by atoms with Gasteiger partial charge in [-0.25, -0.2) is 4.98 Å². The number of rotatable bonds is 1. The number of benzene rings is 2. The Hall–Kier alpha value is -1.81. The van der Waals surface area contributed by atoms with Crippen molar-refractivity contribution in [2.75, 3.05) is 5.73 Å². The van der Waals surface area contributed by atoms with Crippen LogP contribution in [-0.4, -0.2) is 9.55 Å². The van der Waals surface area contributed by atoms with Crippen molar-refractivity contribution in [1.29, 1.82) is 0 Å². The molecule has 3 nitrogen and oxygen atoms in total. The Morgan fingerprint density at radius 2 is 1.89 bits per heavy atom. The number of para-hydroxylation sites is 3. The fraction of sp³-hybridized carbons (Fsp3) is 0.0714. The fourth-order valence-electron chi connectivity index (χ4n) is 2.12. The summed E-state index contributed by atoms with van der Waals surface area (Å²) >= 11 is 3.45. The van der Waals surface area contributed by atoms with Gasteiger partial charge in [0.15, 0.2) is 0 Å². The van der Waals surface area contributed by atoms with Crippen LogP contribution in [0.15, 0.2) is 46.9 Å². The van der Waals surface area contributed by atoms with Crippen LogP contribution in [-0.2, 0) is 7.05 Å². The molecule has 0 spiro atoms. The Morgan fingerprint density at radius 3 is 2.67 bits per heavy atom. The minimum atomic E-state index is 0.718. The third-order valence-corrected chi connectivity index (χ3v) is 3.77. The number of nitrogens with zero attached hydrogens (tertiary/aromatic N) is 2. The zero-order valence-electron chi connectivity index (χ0n) is 9.89. The number of imidazole rings is 1. The molecule has 1 aromatic heterocycles. The van der Waals surface area contributed by atoms with Gasteiger partial charge in [-0.05, 0) is 40.2 Å². The van der Waals surface area contributed by atoms with Crippen molar-refractivity contribution in [1.82, 2.24) is 9.55 Å². The quantitative estimate of drug-likeness (QED) is 0.698. The molecule has 2 N–H and O–H groups in total. The van der Waals surface area contributed by atoms with E-state index < -0.39 is 0 Å². The Bertz CT molecular complexity index is 731. The molecule has 0 aliphatic carbocycles. The van der Waals surface area contributed by atoms with Crippen LogP contribution in [0.1, 0.15) is 0 Å². The second-order valence-electron chi connectivity index (χ2n) is 4.18. The number of nitrogens with two attached hydrogens (primary N) is 1. The number of aryl methyl sites for hydroxylation is 1. The topological polar surface area (TPSA) is 43.8 Å². The normalized spacial score (nSPS) is 11.0. The van der Waals surface area contributed by atoms with Gasteiger partial charge >= 0.3 is 0 Å². The summed E-state index contributed by atoms with van der Waals surface area (Å²) in [5, 5.41) is 0. The van der Waals surface area contributed by atoms with Gasteiger partial charge in [-0.1, -0.05) is 18.2 Å². The molecule has 2 aromatic carbocycles. The maximum atomic E-state index is 6.11. The standard InChI is InChI=1S/C14H12BrN3/c1-18-12-8-3-2-7-11(12)17-14(18)9-5-4-6-10(15)13(9)16/h2-8H,16H2,1H3. The summed E-state index contributed by atoms with van der Waals surface area (Å²) in [5.74, 6) is 0.884. The van der Waals surface area contributed by atoms with Crippen LogP contribution in [0.25, 0.3) is 22.4 Å². The van der Waals surface area contributed by atoms with Crippen molar-refractivity contribution in [3.05, 3.63) is 46.9 Å². The lowest BCUT2D eigenvalue weighted by Crippen LogP contribution is -1.97. The van der Waals surface area contributed by atoms with E-state index in [0.29, 0.717) is 0 Å². The average molecular weight is 302 g/mol. The molecule has 0 radical (unpaired) electrons. The summed E-state index contributed by atoms with van der Waals surface area (Å²) < 4.78 is 2.96. The van der Waals surface area contributed by atoms with Crippen molar-refractivity contribution >= 4 is 32.7 Å². The van der Waals surface area contributed by atoms with Crippen LogP contribution in [0.4, 0.5) is 5.69 Å². The van der Waals surface area contributed by atoms with Crippen molar-refractivity contribution in [3.8, 4) is 11.4 Å². The van der Waals surface area contributed by atoms with Gasteiger partial charge in [-0.2, -0.15) is 0 Å². The Morgan fingerprint density at radius 1 is 1.11 bits per heavy atom. The van der Waals surface area contributed by atoms with Crippen LogP contribution in [0, 0.1) is 0 Å². The lowest BCUT2D eigenvalue weighted by Gasteiger charge is -2.07. The lowest BCUT2D eigenvalue weighted by molar-refractivity contribution is 0.960. The van der Waals surface area contributed by atoms with Crippen LogP contribution < -0.4 is 5.73 Å². The monoisotopic (exact) mass is 301 g/mol. The molecule has 3 rings (SSSR count). The van der Waals surface area contributed by atoms with Gasteiger partial charge in [0.25, 0.3) is 0 Å². The Labute approximate surface area is 113 Å². The summed E-state index contributed by atoms with van der Waals surface area (Å²) in [4.78, 5) is 4.65. The van der Waals surface area contributed by atoms with Gasteiger partial charge in [0, 0.05) is 17.1 Å². The van der Waals surface area contributed by atoms with Gasteiger partial charge in [0.2, 0.25) is 0 Å². The van der Waals surface area contributed by atoms with Gasteiger partial charge in [-0.15, -0.1) is 0 Å². The van der Waals surface area contributed by atoms with Crippen LogP contribution in [0.5, 0.6) is 0 Å². The zero-order chi connectivity index (χ0) is 12.7. The first kappa shape index (κ1) is 11.3. The first-order valence-electron chi connectivity index (χ1n) is 5.64. The number of aromatic nitrogens is 2. The molecule has 1 heterocycles. The second-order valence-corrected chi connectivity index (χ2v) is 5.04. The predicted octanol–water partition coefficient (Wildman–Crippen LogP) is 3.59. The molecule has 3 aromatic rings. The third kappa shape index (κ3) is 1.61. The summed E-state index contributed by atoms with van der Waals surface area (Å²) in [6.45, 7) is 0. The van der Waals surface area contributed by atoms with E-state index in [1.54, 1.807) is 0 Å². The minimum absolute atomic E-state index is 0.718. The van der Waals surface area contributed by atoms with Gasteiger partial charge in [-0.3, -0.25) is 0 Å². The van der Waals surface area contributed by atoms with E-state index in [1.165, 1.54) is 0 Å². The predicted molar refractivity (Wildman–Crippen MR) is 78.3 cm³/mol. The van der Waals surface area contributed by atoms with Gasteiger partial charge < -0.3 is 10.3 Å². The smallest absolute Gasteiger partial charge is 0.142 e. The number of hydrogen-bond donors (Lipinski definition) is 1. The molecule has 0 saturated heterocycles. The summed E-state index contributed by atoms with van der Waals surface area (Å²) in [6, 6.07) is 14.0. The third-order valence-electron chi connectivity index (χ3n) is 3.08. The average Bonchev–Trinajstić information content (AvgIpc) is 2.71. The number of fused-ring (bicyclic) bond motifs is 1. The van der Waals surface area contributed by atoms with Gasteiger partial charge in [0.1, 0.15) is 5.82 Å². The van der Waals surface area contributed by atoms with E-state index in [1.807, 2.05) is 43.4 Å². The van der Waals surface area contributed by atoms with Crippen molar-refractivity contribution in [2.24, 2.45) is 7.05 Å². The van der Waals surface area contributed by atoms with Crippen molar-refractivity contribution in [3.63, 3.8) is 0 Å². The maximum Gasteiger partial charge on any atom is 0.142 e. The highest BCUT2D eigenvalue weighted by Gasteiger charge is 2.12. The second kappa shape index (κ2) is 4.14. The number of halogens is 1. The van der Waals surface area contributed by atoms with Crippen molar-refractivity contribution in [2.45, 2.75) is 0 Å². The van der Waals surface area contributed by atoms with E-state index in [2.05, 4.69) is 31.5 Å². The lowest BCUT2D eigenvalue weighted by atomic mass is 10.1. The van der Waals surface area contributed by atoms with E-state index in [4.69, 9.17) is 5.73 Å². The Kier molecular flexibility index (Phi) is 2.59. The molecule has 0 amide bonds. The Balaban J connectivity index is 2.32. The maximum absolute atomic E-state index is 6.11. The van der Waals surface area contributed by atoms with E-state index in [0.717, 1.165) is 32.6 Å². The van der Waals surface area contributed by atoms with Gasteiger partial charge in [0.05, 0.1) is 16.7 Å². The summed E-state index contributed by atoms with van der Waals surface area (Å²) in [6.07, 6.45) is 0. The molecule has 90 valence electrons. The number of hydrogen-bond acceptors (Lipinski definition) is 2. The molecule has 4 heteroatoms. The minimum Gasteiger partial charge on any atom is -0.397 e. The number of nitrogen functional groups attached to an aromatic ring is 1. The first-order valence-corrected chi connectivity index (χ1v) is 6.43. The summed E-state index contributed by atoms with van der Waals surface area (Å²) in [5.41, 5.74) is 9.86. The molecule has 0 aliphatic rings. The molecule has 0 aliphatic heterocycles. The molecule has 18 heavy (non-hydrogen) atoms. The molecule has 0 unspecified atom stereocenters. The van der Waals surface area contributed by atoms with E-state index >= 15 is 0 Å². The van der Waals surface area contributed by atoms with Crippen LogP contribution in [0.2, 0.25) is 0 Å². The SMILES string of the molecule is Cn1c(-c2cccc(Br)c2N)nc2ccccc21. The highest BCUT2D eigenvalue weighted by atomic mass is 79.9. The largest absolute Gasteiger partial charge is 0.397 e. The van der Waals surface area contributed by atoms with Crippen LogP contribution in [0.3, 0.4) is 0 Å². The molecular weight excluding hydrogens is 290 g/mol. The molecule has 0 bridgehead atoms. The highest BCUT2D eigenvalue weighted by molar-refractivity contribution is 9.10.